The average molecular weight is 433 g/mol. The van der Waals surface area contributed by atoms with E-state index in [0.717, 1.165) is 11.3 Å². The number of esters is 1. The maximum absolute atomic E-state index is 12.9. The molecule has 0 fully saturated rings. The topological polar surface area (TPSA) is 84.9 Å². The number of carbonyl (C=O) groups is 3. The molecule has 2 amide bonds. The second kappa shape index (κ2) is 10.8. The van der Waals surface area contributed by atoms with Crippen LogP contribution >= 0.6 is 11.3 Å². The van der Waals surface area contributed by atoms with E-state index in [4.69, 9.17) is 9.47 Å². The van der Waals surface area contributed by atoms with Crippen LogP contribution in [0.3, 0.4) is 0 Å². The third-order valence-electron chi connectivity index (χ3n) is 4.51. The molecule has 0 aliphatic carbocycles. The van der Waals surface area contributed by atoms with Crippen molar-refractivity contribution in [1.29, 1.82) is 0 Å². The molecule has 8 heteroatoms. The Hall–Kier alpha value is -2.87. The smallest absolute Gasteiger partial charge is 0.341 e. The standard InChI is InChI=1S/C22H28N2O5S/c1-6-24(7-2)21(26)18-14(5)17(22(27)29-9-4)20(30-18)23-19(25)15-11-10-12-16(13-15)28-8-3/h10-13H,6-9H2,1-5H3,(H,23,25). The lowest BCUT2D eigenvalue weighted by Crippen LogP contribution is -2.30. The zero-order valence-electron chi connectivity index (χ0n) is 18.0. The van der Waals surface area contributed by atoms with E-state index in [0.29, 0.717) is 46.5 Å². The molecule has 0 aliphatic rings. The predicted octanol–water partition coefficient (Wildman–Crippen LogP) is 4.37. The van der Waals surface area contributed by atoms with Gasteiger partial charge in [0.25, 0.3) is 11.8 Å². The van der Waals surface area contributed by atoms with Crippen LogP contribution in [0.5, 0.6) is 5.75 Å². The van der Waals surface area contributed by atoms with E-state index in [-0.39, 0.29) is 18.1 Å². The lowest BCUT2D eigenvalue weighted by Gasteiger charge is -2.18. The summed E-state index contributed by atoms with van der Waals surface area (Å²) >= 11 is 1.09. The Labute approximate surface area is 181 Å². The van der Waals surface area contributed by atoms with Gasteiger partial charge in [-0.2, -0.15) is 0 Å². The number of anilines is 1. The second-order valence-electron chi connectivity index (χ2n) is 6.37. The molecule has 0 atom stereocenters. The lowest BCUT2D eigenvalue weighted by atomic mass is 10.1. The zero-order chi connectivity index (χ0) is 22.3. The van der Waals surface area contributed by atoms with E-state index in [1.165, 1.54) is 0 Å². The fraction of sp³-hybridized carbons (Fsp3) is 0.409. The highest BCUT2D eigenvalue weighted by atomic mass is 32.1. The van der Waals surface area contributed by atoms with Gasteiger partial charge >= 0.3 is 5.97 Å². The normalized spacial score (nSPS) is 10.4. The Morgan fingerprint density at radius 2 is 1.77 bits per heavy atom. The van der Waals surface area contributed by atoms with Crippen molar-refractivity contribution in [3.63, 3.8) is 0 Å². The number of benzene rings is 1. The third-order valence-corrected chi connectivity index (χ3v) is 5.70. The highest BCUT2D eigenvalue weighted by Gasteiger charge is 2.28. The molecule has 30 heavy (non-hydrogen) atoms. The number of carbonyl (C=O) groups excluding carboxylic acids is 3. The Kier molecular flexibility index (Phi) is 8.41. The molecule has 0 spiro atoms. The van der Waals surface area contributed by atoms with Gasteiger partial charge in [-0.25, -0.2) is 4.79 Å². The number of hydrogen-bond acceptors (Lipinski definition) is 6. The van der Waals surface area contributed by atoms with E-state index < -0.39 is 11.9 Å². The van der Waals surface area contributed by atoms with Gasteiger partial charge in [0.2, 0.25) is 0 Å². The first-order valence-electron chi connectivity index (χ1n) is 10.0. The molecule has 1 N–H and O–H groups in total. The highest BCUT2D eigenvalue weighted by Crippen LogP contribution is 2.35. The van der Waals surface area contributed by atoms with E-state index in [1.807, 2.05) is 20.8 Å². The second-order valence-corrected chi connectivity index (χ2v) is 7.39. The quantitative estimate of drug-likeness (QED) is 0.595. The van der Waals surface area contributed by atoms with Crippen LogP contribution in [0.1, 0.15) is 63.6 Å². The van der Waals surface area contributed by atoms with Crippen molar-refractivity contribution in [2.45, 2.75) is 34.6 Å². The van der Waals surface area contributed by atoms with E-state index in [2.05, 4.69) is 5.32 Å². The molecule has 1 heterocycles. The SMILES string of the molecule is CCOC(=O)c1c(NC(=O)c2cccc(OCC)c2)sc(C(=O)N(CC)CC)c1C. The Bertz CT molecular complexity index is 918. The summed E-state index contributed by atoms with van der Waals surface area (Å²) in [6.07, 6.45) is 0. The number of hydrogen-bond donors (Lipinski definition) is 1. The van der Waals surface area contributed by atoms with Gasteiger partial charge in [-0.15, -0.1) is 11.3 Å². The van der Waals surface area contributed by atoms with Crippen molar-refractivity contribution < 1.29 is 23.9 Å². The zero-order valence-corrected chi connectivity index (χ0v) is 18.9. The number of nitrogens with one attached hydrogen (secondary N) is 1. The summed E-state index contributed by atoms with van der Waals surface area (Å²) in [7, 11) is 0. The Morgan fingerprint density at radius 3 is 2.37 bits per heavy atom. The van der Waals surface area contributed by atoms with Gasteiger partial charge in [-0.05, 0) is 58.4 Å². The van der Waals surface area contributed by atoms with Crippen LogP contribution in [0.25, 0.3) is 0 Å². The Morgan fingerprint density at radius 1 is 1.07 bits per heavy atom. The number of nitrogens with zero attached hydrogens (tertiary/aromatic N) is 1. The monoisotopic (exact) mass is 432 g/mol. The largest absolute Gasteiger partial charge is 0.494 e. The highest BCUT2D eigenvalue weighted by molar-refractivity contribution is 7.18. The first-order chi connectivity index (χ1) is 14.4. The maximum atomic E-state index is 12.9. The molecule has 0 radical (unpaired) electrons. The van der Waals surface area contributed by atoms with Crippen LogP contribution in [0.2, 0.25) is 0 Å². The van der Waals surface area contributed by atoms with Gasteiger partial charge in [0.1, 0.15) is 10.8 Å². The molecule has 0 unspecified atom stereocenters. The third kappa shape index (κ3) is 5.18. The van der Waals surface area contributed by atoms with Gasteiger partial charge in [0.15, 0.2) is 0 Å². The summed E-state index contributed by atoms with van der Waals surface area (Å²) in [4.78, 5) is 40.4. The average Bonchev–Trinajstić information content (AvgIpc) is 3.05. The van der Waals surface area contributed by atoms with Crippen LogP contribution in [0, 0.1) is 6.92 Å². The van der Waals surface area contributed by atoms with Gasteiger partial charge in [-0.1, -0.05) is 6.07 Å². The molecule has 2 aromatic rings. The number of thiophene rings is 1. The first-order valence-corrected chi connectivity index (χ1v) is 10.8. The fourth-order valence-corrected chi connectivity index (χ4v) is 4.14. The molecular weight excluding hydrogens is 404 g/mol. The van der Waals surface area contributed by atoms with E-state index in [1.54, 1.807) is 43.0 Å². The molecule has 162 valence electrons. The van der Waals surface area contributed by atoms with Crippen molar-refractivity contribution in [3.05, 3.63) is 45.8 Å². The van der Waals surface area contributed by atoms with Crippen LogP contribution in [0.15, 0.2) is 24.3 Å². The lowest BCUT2D eigenvalue weighted by molar-refractivity contribution is 0.0527. The number of ether oxygens (including phenoxy) is 2. The van der Waals surface area contributed by atoms with Crippen molar-refractivity contribution in [1.82, 2.24) is 4.90 Å². The molecule has 0 saturated carbocycles. The van der Waals surface area contributed by atoms with Crippen molar-refractivity contribution in [2.75, 3.05) is 31.6 Å². The minimum atomic E-state index is -0.566. The van der Waals surface area contributed by atoms with Gasteiger partial charge in [0.05, 0.1) is 23.7 Å². The van der Waals surface area contributed by atoms with Crippen molar-refractivity contribution in [2.24, 2.45) is 0 Å². The summed E-state index contributed by atoms with van der Waals surface area (Å²) in [6.45, 7) is 10.8. The van der Waals surface area contributed by atoms with Crippen LogP contribution < -0.4 is 10.1 Å². The molecule has 7 nitrogen and oxygen atoms in total. The summed E-state index contributed by atoms with van der Waals surface area (Å²) in [5.41, 5.74) is 1.11. The molecule has 0 saturated heterocycles. The number of amides is 2. The minimum absolute atomic E-state index is 0.174. The molecule has 0 bridgehead atoms. The molecule has 0 aliphatic heterocycles. The van der Waals surface area contributed by atoms with Crippen molar-refractivity contribution in [3.8, 4) is 5.75 Å². The predicted molar refractivity (Wildman–Crippen MR) is 118 cm³/mol. The van der Waals surface area contributed by atoms with Gasteiger partial charge < -0.3 is 19.7 Å². The number of rotatable bonds is 9. The van der Waals surface area contributed by atoms with E-state index in [9.17, 15) is 14.4 Å². The molecule has 1 aromatic carbocycles. The molecule has 1 aromatic heterocycles. The van der Waals surface area contributed by atoms with E-state index >= 15 is 0 Å². The van der Waals surface area contributed by atoms with Crippen LogP contribution in [-0.4, -0.2) is 49.0 Å². The minimum Gasteiger partial charge on any atom is -0.494 e. The Balaban J connectivity index is 2.43. The van der Waals surface area contributed by atoms with Crippen LogP contribution in [0.4, 0.5) is 5.00 Å². The summed E-state index contributed by atoms with van der Waals surface area (Å²) in [5.74, 6) is -0.559. The van der Waals surface area contributed by atoms with Crippen LogP contribution in [-0.2, 0) is 4.74 Å². The summed E-state index contributed by atoms with van der Waals surface area (Å²) < 4.78 is 10.6. The fourth-order valence-electron chi connectivity index (χ4n) is 2.98. The molecule has 2 rings (SSSR count). The van der Waals surface area contributed by atoms with Gasteiger partial charge in [-0.3, -0.25) is 9.59 Å². The van der Waals surface area contributed by atoms with Gasteiger partial charge in [0, 0.05) is 18.7 Å². The summed E-state index contributed by atoms with van der Waals surface area (Å²) in [5, 5.41) is 3.08. The molecular formula is C22H28N2O5S. The van der Waals surface area contributed by atoms with Crippen molar-refractivity contribution >= 4 is 34.1 Å². The maximum Gasteiger partial charge on any atom is 0.341 e. The summed E-state index contributed by atoms with van der Waals surface area (Å²) in [6, 6.07) is 6.78. The first kappa shape index (κ1) is 23.4.